The molecule has 0 saturated carbocycles. The zero-order valence-electron chi connectivity index (χ0n) is 17.1. The largest absolute Gasteiger partial charge is 0.336 e. The summed E-state index contributed by atoms with van der Waals surface area (Å²) >= 11 is 6.19. The van der Waals surface area contributed by atoms with Gasteiger partial charge in [-0.15, -0.1) is 0 Å². The van der Waals surface area contributed by atoms with Gasteiger partial charge in [0.15, 0.2) is 0 Å². The maximum Gasteiger partial charge on any atom is 0.257 e. The fraction of sp³-hybridized carbons (Fsp3) is 0.227. The highest BCUT2D eigenvalue weighted by atomic mass is 35.5. The Kier molecular flexibility index (Phi) is 6.28. The Labute approximate surface area is 191 Å². The second kappa shape index (κ2) is 9.12. The van der Waals surface area contributed by atoms with Gasteiger partial charge in [0.1, 0.15) is 0 Å². The maximum atomic E-state index is 12.9. The second-order valence-corrected chi connectivity index (χ2v) is 9.70. The van der Waals surface area contributed by atoms with E-state index in [4.69, 9.17) is 16.9 Å². The van der Waals surface area contributed by atoms with Crippen molar-refractivity contribution in [1.82, 2.24) is 19.0 Å². The van der Waals surface area contributed by atoms with Gasteiger partial charge in [-0.1, -0.05) is 29.8 Å². The summed E-state index contributed by atoms with van der Waals surface area (Å²) in [5.74, 6) is -0.189. The van der Waals surface area contributed by atoms with Crippen LogP contribution in [0.15, 0.2) is 65.8 Å². The third kappa shape index (κ3) is 4.53. The van der Waals surface area contributed by atoms with Gasteiger partial charge < -0.3 is 4.90 Å². The topological polar surface area (TPSA) is 99.3 Å². The fourth-order valence-corrected chi connectivity index (χ4v) is 5.14. The van der Waals surface area contributed by atoms with Gasteiger partial charge in [-0.25, -0.2) is 8.42 Å². The summed E-state index contributed by atoms with van der Waals surface area (Å²) in [6.45, 7) is 1.40. The van der Waals surface area contributed by atoms with E-state index in [0.29, 0.717) is 22.7 Å². The lowest BCUT2D eigenvalue weighted by atomic mass is 10.2. The van der Waals surface area contributed by atoms with Crippen LogP contribution in [0.2, 0.25) is 5.02 Å². The standard InChI is InChI=1S/C22H20ClN5O3S/c23-21-4-2-1-3-18(21)15-27-16-19(14-25-27)22(29)26-9-11-28(12-10-26)32(30,31)20-7-5-17(13-24)6-8-20/h1-8,14,16H,9-12,15H2. The molecule has 4 rings (SSSR count). The smallest absolute Gasteiger partial charge is 0.257 e. The van der Waals surface area contributed by atoms with Gasteiger partial charge in [0.05, 0.1) is 34.8 Å². The van der Waals surface area contributed by atoms with Crippen LogP contribution in [0.3, 0.4) is 0 Å². The normalized spacial score (nSPS) is 14.8. The van der Waals surface area contributed by atoms with Crippen molar-refractivity contribution in [1.29, 1.82) is 5.26 Å². The summed E-state index contributed by atoms with van der Waals surface area (Å²) in [7, 11) is -3.68. The van der Waals surface area contributed by atoms with Crippen LogP contribution in [-0.2, 0) is 16.6 Å². The third-order valence-electron chi connectivity index (χ3n) is 5.32. The lowest BCUT2D eigenvalue weighted by molar-refractivity contribution is 0.0698. The third-order valence-corrected chi connectivity index (χ3v) is 7.60. The summed E-state index contributed by atoms with van der Waals surface area (Å²) in [5, 5.41) is 13.8. The van der Waals surface area contributed by atoms with Gasteiger partial charge in [0, 0.05) is 37.4 Å². The molecule has 1 amide bonds. The molecule has 1 fully saturated rings. The summed E-state index contributed by atoms with van der Waals surface area (Å²) in [5.41, 5.74) is 1.74. The highest BCUT2D eigenvalue weighted by molar-refractivity contribution is 7.89. The maximum absolute atomic E-state index is 12.9. The van der Waals surface area contributed by atoms with Gasteiger partial charge in [0.25, 0.3) is 5.91 Å². The molecule has 164 valence electrons. The number of hydrogen-bond acceptors (Lipinski definition) is 5. The molecule has 1 saturated heterocycles. The van der Waals surface area contributed by atoms with Gasteiger partial charge in [-0.3, -0.25) is 9.48 Å². The van der Waals surface area contributed by atoms with Crippen LogP contribution in [0.5, 0.6) is 0 Å². The highest BCUT2D eigenvalue weighted by Crippen LogP contribution is 2.20. The molecule has 0 unspecified atom stereocenters. The predicted octanol–water partition coefficient (Wildman–Crippen LogP) is 2.60. The molecule has 1 aliphatic rings. The molecule has 3 aromatic rings. The summed E-state index contributed by atoms with van der Waals surface area (Å²) in [6.07, 6.45) is 3.19. The number of sulfonamides is 1. The Balaban J connectivity index is 1.39. The predicted molar refractivity (Wildman–Crippen MR) is 119 cm³/mol. The zero-order chi connectivity index (χ0) is 22.7. The van der Waals surface area contributed by atoms with Crippen molar-refractivity contribution in [3.8, 4) is 6.07 Å². The summed E-state index contributed by atoms with van der Waals surface area (Å²) < 4.78 is 28.7. The molecular formula is C22H20ClN5O3S. The minimum absolute atomic E-state index is 0.136. The van der Waals surface area contributed by atoms with Crippen molar-refractivity contribution in [2.75, 3.05) is 26.2 Å². The van der Waals surface area contributed by atoms with Crippen LogP contribution in [0.1, 0.15) is 21.5 Å². The van der Waals surface area contributed by atoms with Gasteiger partial charge in [-0.2, -0.15) is 14.7 Å². The molecule has 0 radical (unpaired) electrons. The molecule has 0 spiro atoms. The molecule has 2 aromatic carbocycles. The van der Waals surface area contributed by atoms with Crippen LogP contribution < -0.4 is 0 Å². The molecular weight excluding hydrogens is 450 g/mol. The molecule has 0 atom stereocenters. The Morgan fingerprint density at radius 3 is 2.41 bits per heavy atom. The molecule has 0 aliphatic carbocycles. The minimum atomic E-state index is -3.68. The number of carbonyl (C=O) groups is 1. The number of benzene rings is 2. The fourth-order valence-electron chi connectivity index (χ4n) is 3.53. The number of halogens is 1. The van der Waals surface area contributed by atoms with E-state index in [1.165, 1.54) is 34.8 Å². The molecule has 1 aliphatic heterocycles. The van der Waals surface area contributed by atoms with Gasteiger partial charge in [0.2, 0.25) is 10.0 Å². The van der Waals surface area contributed by atoms with Gasteiger partial charge >= 0.3 is 0 Å². The number of nitriles is 1. The summed E-state index contributed by atoms with van der Waals surface area (Å²) in [6, 6.07) is 15.2. The number of amides is 1. The summed E-state index contributed by atoms with van der Waals surface area (Å²) in [4.78, 5) is 14.6. The molecule has 10 heteroatoms. The average Bonchev–Trinajstić information content (AvgIpc) is 3.29. The van der Waals surface area contributed by atoms with E-state index in [-0.39, 0.29) is 37.0 Å². The average molecular weight is 470 g/mol. The number of aromatic nitrogens is 2. The lowest BCUT2D eigenvalue weighted by Gasteiger charge is -2.33. The monoisotopic (exact) mass is 469 g/mol. The van der Waals surface area contributed by atoms with E-state index < -0.39 is 10.0 Å². The number of carbonyl (C=O) groups excluding carboxylic acids is 1. The first kappa shape index (κ1) is 22.0. The second-order valence-electron chi connectivity index (χ2n) is 7.35. The highest BCUT2D eigenvalue weighted by Gasteiger charge is 2.30. The van der Waals surface area contributed by atoms with Crippen LogP contribution in [0, 0.1) is 11.3 Å². The molecule has 0 N–H and O–H groups in total. The van der Waals surface area contributed by atoms with E-state index in [1.54, 1.807) is 21.8 Å². The van der Waals surface area contributed by atoms with Crippen molar-refractivity contribution in [2.45, 2.75) is 11.4 Å². The zero-order valence-corrected chi connectivity index (χ0v) is 18.6. The number of rotatable bonds is 5. The first-order valence-electron chi connectivity index (χ1n) is 9.94. The van der Waals surface area contributed by atoms with Crippen LogP contribution in [0.4, 0.5) is 0 Å². The molecule has 0 bridgehead atoms. The Bertz CT molecular complexity index is 1270. The van der Waals surface area contributed by atoms with Crippen molar-refractivity contribution < 1.29 is 13.2 Å². The van der Waals surface area contributed by atoms with Crippen molar-refractivity contribution >= 4 is 27.5 Å². The Hall–Kier alpha value is -3.19. The quantitative estimate of drug-likeness (QED) is 0.572. The van der Waals surface area contributed by atoms with Crippen LogP contribution in [0.25, 0.3) is 0 Å². The lowest BCUT2D eigenvalue weighted by Crippen LogP contribution is -2.50. The molecule has 32 heavy (non-hydrogen) atoms. The first-order chi connectivity index (χ1) is 15.4. The van der Waals surface area contributed by atoms with E-state index in [2.05, 4.69) is 5.10 Å². The van der Waals surface area contributed by atoms with E-state index in [0.717, 1.165) is 5.56 Å². The molecule has 8 nitrogen and oxygen atoms in total. The van der Waals surface area contributed by atoms with Gasteiger partial charge in [-0.05, 0) is 35.9 Å². The first-order valence-corrected chi connectivity index (χ1v) is 11.8. The SMILES string of the molecule is N#Cc1ccc(S(=O)(=O)N2CCN(C(=O)c3cnn(Cc4ccccc4Cl)c3)CC2)cc1. The molecule has 2 heterocycles. The van der Waals surface area contributed by atoms with Crippen molar-refractivity contribution in [2.24, 2.45) is 0 Å². The minimum Gasteiger partial charge on any atom is -0.336 e. The number of nitrogens with zero attached hydrogens (tertiary/aromatic N) is 5. The Morgan fingerprint density at radius 2 is 1.75 bits per heavy atom. The molecule has 1 aromatic heterocycles. The Morgan fingerprint density at radius 1 is 1.06 bits per heavy atom. The van der Waals surface area contributed by atoms with E-state index in [9.17, 15) is 13.2 Å². The number of piperazine rings is 1. The van der Waals surface area contributed by atoms with Crippen LogP contribution in [-0.4, -0.2) is 59.5 Å². The van der Waals surface area contributed by atoms with Crippen molar-refractivity contribution in [3.05, 3.63) is 82.6 Å². The number of hydrogen-bond donors (Lipinski definition) is 0. The van der Waals surface area contributed by atoms with E-state index >= 15 is 0 Å². The van der Waals surface area contributed by atoms with E-state index in [1.807, 2.05) is 24.3 Å². The van der Waals surface area contributed by atoms with Crippen LogP contribution >= 0.6 is 11.6 Å². The van der Waals surface area contributed by atoms with Crippen molar-refractivity contribution in [3.63, 3.8) is 0 Å².